The molecule has 0 aliphatic rings. The number of carbonyl (C=O) groups excluding carboxylic acids is 2. The molecule has 1 atom stereocenters. The molecule has 0 aliphatic carbocycles. The highest BCUT2D eigenvalue weighted by Crippen LogP contribution is 2.12. The highest BCUT2D eigenvalue weighted by Gasteiger charge is 2.20. The van der Waals surface area contributed by atoms with Crippen molar-refractivity contribution in [3.8, 4) is 5.75 Å². The van der Waals surface area contributed by atoms with Crippen molar-refractivity contribution < 1.29 is 19.4 Å². The van der Waals surface area contributed by atoms with Crippen LogP contribution in [-0.2, 0) is 20.7 Å². The van der Waals surface area contributed by atoms with Crippen molar-refractivity contribution in [2.24, 2.45) is 5.92 Å². The van der Waals surface area contributed by atoms with Crippen LogP contribution in [0.2, 0.25) is 0 Å². The van der Waals surface area contributed by atoms with Gasteiger partial charge >= 0.3 is 5.97 Å². The highest BCUT2D eigenvalue weighted by atomic mass is 16.5. The normalized spacial score (nSPS) is 11.9. The summed E-state index contributed by atoms with van der Waals surface area (Å²) in [6.07, 6.45) is 0.817. The second-order valence-electron chi connectivity index (χ2n) is 4.73. The smallest absolute Gasteiger partial charge is 0.328 e. The van der Waals surface area contributed by atoms with E-state index in [0.29, 0.717) is 19.4 Å². The van der Waals surface area contributed by atoms with Crippen LogP contribution in [0.5, 0.6) is 5.75 Å². The predicted molar refractivity (Wildman–Crippen MR) is 70.6 cm³/mol. The quantitative estimate of drug-likeness (QED) is 0.574. The Kier molecular flexibility index (Phi) is 5.85. The van der Waals surface area contributed by atoms with Gasteiger partial charge < -0.3 is 15.2 Å². The Morgan fingerprint density at radius 1 is 1.37 bits per heavy atom. The number of carbonyl (C=O) groups is 2. The standard InChI is InChI=1S/C14H19NO4/c1-10(2)8-19-14(18)13(15-9-16)7-11-3-5-12(17)6-4-11/h3-6,9-10,13,17H,7-8H2,1-2H3,(H,15,16)/t13-/m0/s1. The second-order valence-corrected chi connectivity index (χ2v) is 4.73. The van der Waals surface area contributed by atoms with Crippen molar-refractivity contribution >= 4 is 12.4 Å². The van der Waals surface area contributed by atoms with Crippen LogP contribution in [0.3, 0.4) is 0 Å². The van der Waals surface area contributed by atoms with E-state index in [9.17, 15) is 14.7 Å². The van der Waals surface area contributed by atoms with Gasteiger partial charge in [0, 0.05) is 6.42 Å². The maximum absolute atomic E-state index is 11.8. The third-order valence-electron chi connectivity index (χ3n) is 2.49. The number of phenolic OH excluding ortho intramolecular Hbond substituents is 1. The van der Waals surface area contributed by atoms with Crippen molar-refractivity contribution in [1.82, 2.24) is 5.32 Å². The molecular weight excluding hydrogens is 246 g/mol. The van der Waals surface area contributed by atoms with Crippen LogP contribution in [-0.4, -0.2) is 30.1 Å². The molecule has 0 bridgehead atoms. The summed E-state index contributed by atoms with van der Waals surface area (Å²) in [6.45, 7) is 4.20. The molecule has 0 saturated carbocycles. The van der Waals surface area contributed by atoms with Gasteiger partial charge in [0.25, 0.3) is 0 Å². The largest absolute Gasteiger partial charge is 0.508 e. The van der Waals surface area contributed by atoms with Crippen LogP contribution in [0.1, 0.15) is 19.4 Å². The number of aromatic hydroxyl groups is 1. The number of phenols is 1. The van der Waals surface area contributed by atoms with Crippen molar-refractivity contribution in [2.45, 2.75) is 26.3 Å². The first-order valence-corrected chi connectivity index (χ1v) is 6.17. The Bertz CT molecular complexity index is 414. The summed E-state index contributed by atoms with van der Waals surface area (Å²) in [6, 6.07) is 5.76. The summed E-state index contributed by atoms with van der Waals surface area (Å²) in [5, 5.41) is 11.6. The average molecular weight is 265 g/mol. The summed E-state index contributed by atoms with van der Waals surface area (Å²) in [5.74, 6) is -0.0468. The highest BCUT2D eigenvalue weighted by molar-refractivity contribution is 5.78. The molecule has 5 nitrogen and oxygen atoms in total. The molecule has 0 unspecified atom stereocenters. The monoisotopic (exact) mass is 265 g/mol. The lowest BCUT2D eigenvalue weighted by Gasteiger charge is -2.16. The molecule has 0 heterocycles. The van der Waals surface area contributed by atoms with Gasteiger partial charge in [0.15, 0.2) is 0 Å². The topological polar surface area (TPSA) is 75.6 Å². The SMILES string of the molecule is CC(C)COC(=O)[C@H](Cc1ccc(O)cc1)NC=O. The van der Waals surface area contributed by atoms with Crippen LogP contribution in [0.25, 0.3) is 0 Å². The summed E-state index contributed by atoms with van der Waals surface area (Å²) < 4.78 is 5.10. The van der Waals surface area contributed by atoms with Gasteiger partial charge in [0.2, 0.25) is 6.41 Å². The Labute approximate surface area is 112 Å². The molecule has 19 heavy (non-hydrogen) atoms. The zero-order chi connectivity index (χ0) is 14.3. The van der Waals surface area contributed by atoms with Crippen molar-refractivity contribution in [3.63, 3.8) is 0 Å². The number of nitrogens with one attached hydrogen (secondary N) is 1. The minimum atomic E-state index is -0.708. The van der Waals surface area contributed by atoms with E-state index in [2.05, 4.69) is 5.32 Å². The number of ether oxygens (including phenoxy) is 1. The molecule has 104 valence electrons. The molecule has 0 radical (unpaired) electrons. The Balaban J connectivity index is 2.63. The maximum Gasteiger partial charge on any atom is 0.328 e. The van der Waals surface area contributed by atoms with Gasteiger partial charge in [0.05, 0.1) is 6.61 Å². The van der Waals surface area contributed by atoms with Gasteiger partial charge in [-0.15, -0.1) is 0 Å². The number of benzene rings is 1. The molecule has 1 aromatic rings. The van der Waals surface area contributed by atoms with Gasteiger partial charge in [0.1, 0.15) is 11.8 Å². The van der Waals surface area contributed by atoms with Gasteiger partial charge in [-0.25, -0.2) is 4.79 Å². The van der Waals surface area contributed by atoms with Crippen molar-refractivity contribution in [2.75, 3.05) is 6.61 Å². The van der Waals surface area contributed by atoms with Gasteiger partial charge in [-0.2, -0.15) is 0 Å². The number of amides is 1. The van der Waals surface area contributed by atoms with E-state index < -0.39 is 12.0 Å². The predicted octanol–water partition coefficient (Wildman–Crippen LogP) is 1.25. The lowest BCUT2D eigenvalue weighted by atomic mass is 10.1. The lowest BCUT2D eigenvalue weighted by molar-refractivity contribution is -0.148. The van der Waals surface area contributed by atoms with Crippen LogP contribution < -0.4 is 5.32 Å². The fourth-order valence-corrected chi connectivity index (χ4v) is 1.51. The third kappa shape index (κ3) is 5.42. The van der Waals surface area contributed by atoms with Crippen LogP contribution in [0.4, 0.5) is 0 Å². The molecule has 1 amide bonds. The van der Waals surface area contributed by atoms with E-state index >= 15 is 0 Å². The minimum Gasteiger partial charge on any atom is -0.508 e. The summed E-state index contributed by atoms with van der Waals surface area (Å²) in [7, 11) is 0. The van der Waals surface area contributed by atoms with E-state index in [4.69, 9.17) is 4.74 Å². The van der Waals surface area contributed by atoms with Gasteiger partial charge in [-0.05, 0) is 23.6 Å². The zero-order valence-corrected chi connectivity index (χ0v) is 11.1. The van der Waals surface area contributed by atoms with E-state index in [0.717, 1.165) is 5.56 Å². The first kappa shape index (κ1) is 15.0. The Hall–Kier alpha value is -2.04. The van der Waals surface area contributed by atoms with Crippen LogP contribution in [0.15, 0.2) is 24.3 Å². The molecule has 5 heteroatoms. The average Bonchev–Trinajstić information content (AvgIpc) is 2.38. The van der Waals surface area contributed by atoms with Gasteiger partial charge in [-0.1, -0.05) is 26.0 Å². The first-order valence-electron chi connectivity index (χ1n) is 6.17. The summed E-state index contributed by atoms with van der Waals surface area (Å²) in [4.78, 5) is 22.4. The summed E-state index contributed by atoms with van der Waals surface area (Å²) in [5.41, 5.74) is 0.832. The zero-order valence-electron chi connectivity index (χ0n) is 11.1. The molecular formula is C14H19NO4. The molecule has 0 saturated heterocycles. The van der Waals surface area contributed by atoms with Crippen LogP contribution in [0, 0.1) is 5.92 Å². The summed E-state index contributed by atoms with van der Waals surface area (Å²) >= 11 is 0. The van der Waals surface area contributed by atoms with E-state index in [1.807, 2.05) is 13.8 Å². The van der Waals surface area contributed by atoms with E-state index in [1.54, 1.807) is 12.1 Å². The number of rotatable bonds is 7. The fraction of sp³-hybridized carbons (Fsp3) is 0.429. The fourth-order valence-electron chi connectivity index (χ4n) is 1.51. The minimum absolute atomic E-state index is 0.158. The van der Waals surface area contributed by atoms with Crippen molar-refractivity contribution in [3.05, 3.63) is 29.8 Å². The Morgan fingerprint density at radius 2 is 2.00 bits per heavy atom. The van der Waals surface area contributed by atoms with E-state index in [1.165, 1.54) is 12.1 Å². The number of esters is 1. The maximum atomic E-state index is 11.8. The molecule has 0 aliphatic heterocycles. The number of hydrogen-bond donors (Lipinski definition) is 2. The molecule has 1 aromatic carbocycles. The molecule has 0 fully saturated rings. The Morgan fingerprint density at radius 3 is 2.53 bits per heavy atom. The first-order chi connectivity index (χ1) is 9.02. The van der Waals surface area contributed by atoms with Gasteiger partial charge in [-0.3, -0.25) is 4.79 Å². The molecule has 0 aromatic heterocycles. The van der Waals surface area contributed by atoms with E-state index in [-0.39, 0.29) is 11.7 Å². The third-order valence-corrected chi connectivity index (χ3v) is 2.49. The molecule has 1 rings (SSSR count). The number of hydrogen-bond acceptors (Lipinski definition) is 4. The van der Waals surface area contributed by atoms with Crippen LogP contribution >= 0.6 is 0 Å². The van der Waals surface area contributed by atoms with Crippen molar-refractivity contribution in [1.29, 1.82) is 0 Å². The molecule has 0 spiro atoms. The molecule has 2 N–H and O–H groups in total. The second kappa shape index (κ2) is 7.41. The lowest BCUT2D eigenvalue weighted by Crippen LogP contribution is -2.39.